The molecule has 0 N–H and O–H groups in total. The van der Waals surface area contributed by atoms with Crippen LogP contribution in [0.15, 0.2) is 29.7 Å². The molecular formula is C11H14S2. The first-order valence-corrected chi connectivity index (χ1v) is 6.68. The molecule has 1 aromatic heterocycles. The fraction of sp³-hybridized carbons (Fsp3) is 0.455. The molecule has 2 rings (SSSR count). The third kappa shape index (κ3) is 2.89. The van der Waals surface area contributed by atoms with Gasteiger partial charge in [0.1, 0.15) is 0 Å². The van der Waals surface area contributed by atoms with Gasteiger partial charge < -0.3 is 0 Å². The first kappa shape index (κ1) is 9.35. The number of allylic oxidation sites excluding steroid dienone is 1. The average Bonchev–Trinajstić information content (AvgIpc) is 2.69. The lowest BCUT2D eigenvalue weighted by atomic mass is 10.1. The summed E-state index contributed by atoms with van der Waals surface area (Å²) in [6.07, 6.45) is 8.73. The van der Waals surface area contributed by atoms with E-state index in [0.717, 1.165) is 5.25 Å². The van der Waals surface area contributed by atoms with Crippen molar-refractivity contribution in [2.45, 2.75) is 30.3 Å². The van der Waals surface area contributed by atoms with Crippen molar-refractivity contribution in [1.29, 1.82) is 0 Å². The van der Waals surface area contributed by atoms with Gasteiger partial charge in [-0.3, -0.25) is 0 Å². The van der Waals surface area contributed by atoms with Crippen LogP contribution < -0.4 is 0 Å². The SMILES string of the molecule is C1=C[C@@H](SCc2cccs2)CCC1. The lowest BCUT2D eigenvalue weighted by Gasteiger charge is -2.14. The van der Waals surface area contributed by atoms with Crippen molar-refractivity contribution < 1.29 is 0 Å². The van der Waals surface area contributed by atoms with Crippen molar-refractivity contribution >= 4 is 23.1 Å². The van der Waals surface area contributed by atoms with E-state index in [1.807, 2.05) is 11.3 Å². The minimum atomic E-state index is 0.774. The van der Waals surface area contributed by atoms with E-state index >= 15 is 0 Å². The zero-order valence-corrected chi connectivity index (χ0v) is 9.24. The monoisotopic (exact) mass is 210 g/mol. The van der Waals surface area contributed by atoms with Gasteiger partial charge in [0.05, 0.1) is 0 Å². The fourth-order valence-corrected chi connectivity index (χ4v) is 3.50. The normalized spacial score (nSPS) is 22.0. The highest BCUT2D eigenvalue weighted by Crippen LogP contribution is 2.27. The summed E-state index contributed by atoms with van der Waals surface area (Å²) in [7, 11) is 0. The topological polar surface area (TPSA) is 0 Å². The van der Waals surface area contributed by atoms with Gasteiger partial charge in [0.25, 0.3) is 0 Å². The van der Waals surface area contributed by atoms with Crippen LogP contribution in [0.2, 0.25) is 0 Å². The molecule has 13 heavy (non-hydrogen) atoms. The highest BCUT2D eigenvalue weighted by molar-refractivity contribution is 7.99. The van der Waals surface area contributed by atoms with Crippen LogP contribution in [0, 0.1) is 0 Å². The van der Waals surface area contributed by atoms with E-state index in [9.17, 15) is 0 Å². The maximum Gasteiger partial charge on any atom is 0.0284 e. The second kappa shape index (κ2) is 4.87. The van der Waals surface area contributed by atoms with Crippen LogP contribution in [0.1, 0.15) is 24.1 Å². The number of rotatable bonds is 3. The van der Waals surface area contributed by atoms with Crippen LogP contribution >= 0.6 is 23.1 Å². The van der Waals surface area contributed by atoms with E-state index < -0.39 is 0 Å². The Bertz CT molecular complexity index is 262. The molecule has 0 fully saturated rings. The Labute approximate surface area is 88.1 Å². The third-order valence-electron chi connectivity index (χ3n) is 2.23. The number of thiophene rings is 1. The smallest absolute Gasteiger partial charge is 0.0284 e. The Morgan fingerprint density at radius 2 is 2.54 bits per heavy atom. The summed E-state index contributed by atoms with van der Waals surface area (Å²) >= 11 is 3.95. The molecule has 0 radical (unpaired) electrons. The molecule has 0 saturated heterocycles. The second-order valence-electron chi connectivity index (χ2n) is 3.29. The van der Waals surface area contributed by atoms with E-state index in [2.05, 4.69) is 41.4 Å². The van der Waals surface area contributed by atoms with Gasteiger partial charge in [-0.05, 0) is 30.7 Å². The first-order valence-electron chi connectivity index (χ1n) is 4.76. The van der Waals surface area contributed by atoms with Gasteiger partial charge in [-0.25, -0.2) is 0 Å². The minimum Gasteiger partial charge on any atom is -0.149 e. The van der Waals surface area contributed by atoms with Crippen LogP contribution in [-0.4, -0.2) is 5.25 Å². The molecule has 0 aromatic carbocycles. The van der Waals surface area contributed by atoms with Crippen LogP contribution in [0.5, 0.6) is 0 Å². The van der Waals surface area contributed by atoms with Crippen molar-refractivity contribution in [3.63, 3.8) is 0 Å². The average molecular weight is 210 g/mol. The molecule has 1 heterocycles. The Balaban J connectivity index is 1.79. The maximum atomic E-state index is 2.38. The minimum absolute atomic E-state index is 0.774. The second-order valence-corrected chi connectivity index (χ2v) is 5.55. The molecule has 0 bridgehead atoms. The summed E-state index contributed by atoms with van der Waals surface area (Å²) in [6, 6.07) is 4.36. The van der Waals surface area contributed by atoms with E-state index in [4.69, 9.17) is 0 Å². The Morgan fingerprint density at radius 3 is 3.23 bits per heavy atom. The molecule has 70 valence electrons. The fourth-order valence-electron chi connectivity index (χ4n) is 1.50. The number of thioether (sulfide) groups is 1. The van der Waals surface area contributed by atoms with Gasteiger partial charge in [0, 0.05) is 15.9 Å². The molecule has 1 aliphatic rings. The number of hydrogen-bond acceptors (Lipinski definition) is 2. The summed E-state index contributed by atoms with van der Waals surface area (Å²) in [5.74, 6) is 1.19. The van der Waals surface area contributed by atoms with Crippen LogP contribution in [0.25, 0.3) is 0 Å². The summed E-state index contributed by atoms with van der Waals surface area (Å²) in [5, 5.41) is 2.93. The molecule has 0 amide bonds. The summed E-state index contributed by atoms with van der Waals surface area (Å²) in [4.78, 5) is 1.50. The molecule has 0 aliphatic heterocycles. The van der Waals surface area contributed by atoms with Crippen molar-refractivity contribution in [3.8, 4) is 0 Å². The molecule has 0 spiro atoms. The van der Waals surface area contributed by atoms with Crippen LogP contribution in [0.4, 0.5) is 0 Å². The van der Waals surface area contributed by atoms with Gasteiger partial charge >= 0.3 is 0 Å². The van der Waals surface area contributed by atoms with Gasteiger partial charge in [-0.2, -0.15) is 0 Å². The lowest BCUT2D eigenvalue weighted by molar-refractivity contribution is 0.741. The zero-order valence-electron chi connectivity index (χ0n) is 7.61. The first-order chi connectivity index (χ1) is 6.45. The molecule has 1 aliphatic carbocycles. The van der Waals surface area contributed by atoms with Crippen molar-refractivity contribution in [2.24, 2.45) is 0 Å². The maximum absolute atomic E-state index is 2.38. The van der Waals surface area contributed by atoms with E-state index in [1.165, 1.54) is 29.9 Å². The molecular weight excluding hydrogens is 196 g/mol. The molecule has 0 saturated carbocycles. The quantitative estimate of drug-likeness (QED) is 0.677. The van der Waals surface area contributed by atoms with Crippen molar-refractivity contribution in [2.75, 3.05) is 0 Å². The predicted octanol–water partition coefficient (Wildman–Crippen LogP) is 4.09. The van der Waals surface area contributed by atoms with Crippen LogP contribution in [-0.2, 0) is 5.75 Å². The van der Waals surface area contributed by atoms with E-state index in [-0.39, 0.29) is 0 Å². The highest BCUT2D eigenvalue weighted by atomic mass is 32.2. The van der Waals surface area contributed by atoms with Gasteiger partial charge in [0.15, 0.2) is 0 Å². The Morgan fingerprint density at radius 1 is 1.54 bits per heavy atom. The predicted molar refractivity (Wildman–Crippen MR) is 62.4 cm³/mol. The van der Waals surface area contributed by atoms with Crippen molar-refractivity contribution in [3.05, 3.63) is 34.5 Å². The van der Waals surface area contributed by atoms with Crippen LogP contribution in [0.3, 0.4) is 0 Å². The Kier molecular flexibility index (Phi) is 3.50. The Hall–Kier alpha value is -0.210. The molecule has 0 nitrogen and oxygen atoms in total. The largest absolute Gasteiger partial charge is 0.149 e. The molecule has 1 atom stereocenters. The van der Waals surface area contributed by atoms with E-state index in [0.29, 0.717) is 0 Å². The van der Waals surface area contributed by atoms with Crippen molar-refractivity contribution in [1.82, 2.24) is 0 Å². The summed E-state index contributed by atoms with van der Waals surface area (Å²) in [5.41, 5.74) is 0. The molecule has 1 aromatic rings. The van der Waals surface area contributed by atoms with Gasteiger partial charge in [0.2, 0.25) is 0 Å². The highest BCUT2D eigenvalue weighted by Gasteiger charge is 2.08. The summed E-state index contributed by atoms with van der Waals surface area (Å²) in [6.45, 7) is 0. The lowest BCUT2D eigenvalue weighted by Crippen LogP contribution is -2.02. The molecule has 2 heteroatoms. The molecule has 0 unspecified atom stereocenters. The standard InChI is InChI=1S/C11H14S2/c1-2-5-10(6-3-1)13-9-11-7-4-8-12-11/h2,4-5,7-8,10H,1,3,6,9H2/t10-/m1/s1. The third-order valence-corrected chi connectivity index (χ3v) is 4.59. The van der Waals surface area contributed by atoms with Gasteiger partial charge in [-0.15, -0.1) is 23.1 Å². The number of hydrogen-bond donors (Lipinski definition) is 0. The summed E-state index contributed by atoms with van der Waals surface area (Å²) < 4.78 is 0. The zero-order chi connectivity index (χ0) is 8.93. The van der Waals surface area contributed by atoms with Gasteiger partial charge in [-0.1, -0.05) is 18.2 Å². The van der Waals surface area contributed by atoms with E-state index in [1.54, 1.807) is 0 Å².